The summed E-state index contributed by atoms with van der Waals surface area (Å²) in [7, 11) is 0. The van der Waals surface area contributed by atoms with Crippen molar-refractivity contribution in [2.24, 2.45) is 16.3 Å². The molecule has 0 atom stereocenters. The third kappa shape index (κ3) is 4.63. The van der Waals surface area contributed by atoms with Crippen molar-refractivity contribution in [3.8, 4) is 0 Å². The second kappa shape index (κ2) is 6.47. The first-order valence-electron chi connectivity index (χ1n) is 6.03. The van der Waals surface area contributed by atoms with E-state index in [1.54, 1.807) is 4.90 Å². The van der Waals surface area contributed by atoms with Crippen molar-refractivity contribution < 1.29 is 10.0 Å². The number of hydrogen-bond acceptors (Lipinski definition) is 3. The number of nitrogens with two attached hydrogens (primary N) is 1. The van der Waals surface area contributed by atoms with E-state index in [2.05, 4.69) is 5.16 Å². The molecule has 3 N–H and O–H groups in total. The van der Waals surface area contributed by atoms with Crippen molar-refractivity contribution in [2.75, 3.05) is 6.54 Å². The van der Waals surface area contributed by atoms with Crippen LogP contribution in [0.2, 0.25) is 0 Å². The Morgan fingerprint density at radius 3 is 2.35 bits per heavy atom. The van der Waals surface area contributed by atoms with Gasteiger partial charge in [-0.15, -0.1) is 0 Å². The molecule has 0 saturated carbocycles. The molecular formula is C12H25N3O2. The summed E-state index contributed by atoms with van der Waals surface area (Å²) >= 11 is 0. The summed E-state index contributed by atoms with van der Waals surface area (Å²) in [5.41, 5.74) is 5.06. The van der Waals surface area contributed by atoms with Gasteiger partial charge in [0.1, 0.15) is 5.84 Å². The number of carbonyl (C=O) groups excluding carboxylic acids is 1. The zero-order valence-electron chi connectivity index (χ0n) is 11.5. The third-order valence-corrected chi connectivity index (χ3v) is 3.08. The molecule has 100 valence electrons. The molecule has 0 fully saturated rings. The van der Waals surface area contributed by atoms with Gasteiger partial charge in [0.2, 0.25) is 5.91 Å². The highest BCUT2D eigenvalue weighted by Crippen LogP contribution is 2.24. The molecule has 0 aliphatic carbocycles. The topological polar surface area (TPSA) is 78.9 Å². The largest absolute Gasteiger partial charge is 0.409 e. The van der Waals surface area contributed by atoms with Crippen molar-refractivity contribution in [1.29, 1.82) is 0 Å². The van der Waals surface area contributed by atoms with Gasteiger partial charge in [-0.25, -0.2) is 0 Å². The Balaban J connectivity index is 4.70. The molecule has 0 saturated heterocycles. The molecule has 0 unspecified atom stereocenters. The van der Waals surface area contributed by atoms with Crippen molar-refractivity contribution in [3.63, 3.8) is 0 Å². The lowest BCUT2D eigenvalue weighted by molar-refractivity contribution is -0.142. The summed E-state index contributed by atoms with van der Waals surface area (Å²) in [6.07, 6.45) is 1.18. The van der Waals surface area contributed by atoms with Crippen LogP contribution in [0.3, 0.4) is 0 Å². The summed E-state index contributed by atoms with van der Waals surface area (Å²) in [5, 5.41) is 11.4. The third-order valence-electron chi connectivity index (χ3n) is 3.08. The van der Waals surface area contributed by atoms with Gasteiger partial charge < -0.3 is 15.8 Å². The molecule has 0 aliphatic heterocycles. The van der Waals surface area contributed by atoms with E-state index in [0.717, 1.165) is 6.42 Å². The molecule has 0 aromatic heterocycles. The van der Waals surface area contributed by atoms with Crippen LogP contribution in [-0.4, -0.2) is 34.4 Å². The lowest BCUT2D eigenvalue weighted by Gasteiger charge is -2.34. The molecule has 0 aliphatic rings. The first-order chi connectivity index (χ1) is 7.76. The van der Waals surface area contributed by atoms with Gasteiger partial charge in [-0.05, 0) is 20.3 Å². The van der Waals surface area contributed by atoms with E-state index >= 15 is 0 Å². The number of carbonyl (C=O) groups is 1. The highest BCUT2D eigenvalue weighted by atomic mass is 16.4. The van der Waals surface area contributed by atoms with E-state index < -0.39 is 0 Å². The van der Waals surface area contributed by atoms with Crippen LogP contribution < -0.4 is 5.73 Å². The quantitative estimate of drug-likeness (QED) is 0.323. The van der Waals surface area contributed by atoms with Crippen LogP contribution in [0.1, 0.15) is 47.5 Å². The molecule has 0 aromatic rings. The fourth-order valence-electron chi connectivity index (χ4n) is 1.42. The molecule has 0 spiro atoms. The van der Waals surface area contributed by atoms with Crippen LogP contribution in [0.25, 0.3) is 0 Å². The molecule has 0 heterocycles. The Hall–Kier alpha value is -1.26. The molecule has 0 radical (unpaired) electrons. The van der Waals surface area contributed by atoms with E-state index in [1.807, 2.05) is 34.6 Å². The summed E-state index contributed by atoms with van der Waals surface area (Å²) in [6.45, 7) is 10.3. The summed E-state index contributed by atoms with van der Waals surface area (Å²) < 4.78 is 0. The van der Waals surface area contributed by atoms with Crippen LogP contribution >= 0.6 is 0 Å². The summed E-state index contributed by atoms with van der Waals surface area (Å²) in [5.74, 6) is 0.262. The average molecular weight is 243 g/mol. The first kappa shape index (κ1) is 15.7. The molecule has 5 heteroatoms. The zero-order chi connectivity index (χ0) is 13.6. The Morgan fingerprint density at radius 1 is 1.47 bits per heavy atom. The predicted octanol–water partition coefficient (Wildman–Crippen LogP) is 1.80. The molecule has 0 bridgehead atoms. The minimum atomic E-state index is -0.366. The Kier molecular flexibility index (Phi) is 5.99. The number of nitrogens with zero attached hydrogens (tertiary/aromatic N) is 2. The van der Waals surface area contributed by atoms with Crippen molar-refractivity contribution in [3.05, 3.63) is 0 Å². The number of amidine groups is 1. The number of oxime groups is 1. The van der Waals surface area contributed by atoms with E-state index in [9.17, 15) is 4.79 Å². The van der Waals surface area contributed by atoms with E-state index in [1.165, 1.54) is 0 Å². The van der Waals surface area contributed by atoms with Crippen molar-refractivity contribution >= 4 is 11.7 Å². The average Bonchev–Trinajstić information content (AvgIpc) is 2.28. The second-order valence-corrected chi connectivity index (χ2v) is 5.17. The normalized spacial score (nSPS) is 12.9. The van der Waals surface area contributed by atoms with Crippen molar-refractivity contribution in [1.82, 2.24) is 4.90 Å². The molecule has 0 aromatic carbocycles. The molecule has 5 nitrogen and oxygen atoms in total. The predicted molar refractivity (Wildman–Crippen MR) is 68.9 cm³/mol. The van der Waals surface area contributed by atoms with Gasteiger partial charge in [0.15, 0.2) is 0 Å². The van der Waals surface area contributed by atoms with E-state index in [4.69, 9.17) is 10.9 Å². The maximum Gasteiger partial charge on any atom is 0.228 e. The van der Waals surface area contributed by atoms with Crippen LogP contribution in [0, 0.1) is 5.41 Å². The maximum atomic E-state index is 12.3. The summed E-state index contributed by atoms with van der Waals surface area (Å²) in [6, 6.07) is 0.111. The fraction of sp³-hybridized carbons (Fsp3) is 0.833. The molecule has 1 amide bonds. The van der Waals surface area contributed by atoms with Gasteiger partial charge in [0.25, 0.3) is 0 Å². The highest BCUT2D eigenvalue weighted by molar-refractivity contribution is 5.84. The number of amides is 1. The Morgan fingerprint density at radius 2 is 2.00 bits per heavy atom. The van der Waals surface area contributed by atoms with Crippen LogP contribution in [0.5, 0.6) is 0 Å². The van der Waals surface area contributed by atoms with Gasteiger partial charge in [-0.3, -0.25) is 4.79 Å². The molecular weight excluding hydrogens is 218 g/mol. The monoisotopic (exact) mass is 243 g/mol. The van der Waals surface area contributed by atoms with Gasteiger partial charge in [-0.1, -0.05) is 25.9 Å². The molecule has 0 rings (SSSR count). The minimum Gasteiger partial charge on any atom is -0.409 e. The lowest BCUT2D eigenvalue weighted by atomic mass is 9.88. The maximum absolute atomic E-state index is 12.3. The van der Waals surface area contributed by atoms with Crippen LogP contribution in [0.15, 0.2) is 5.16 Å². The number of rotatable bonds is 6. The van der Waals surface area contributed by atoms with Crippen LogP contribution in [0.4, 0.5) is 0 Å². The van der Waals surface area contributed by atoms with E-state index in [0.29, 0.717) is 13.0 Å². The first-order valence-corrected chi connectivity index (χ1v) is 6.03. The Labute approximate surface area is 104 Å². The fourth-order valence-corrected chi connectivity index (χ4v) is 1.42. The van der Waals surface area contributed by atoms with Gasteiger partial charge in [0, 0.05) is 24.4 Å². The SMILES string of the molecule is CCC(C)(C)C(=O)N(CCC(N)=NO)C(C)C. The van der Waals surface area contributed by atoms with Gasteiger partial charge in [-0.2, -0.15) is 0 Å². The Bertz CT molecular complexity index is 285. The van der Waals surface area contributed by atoms with Crippen LogP contribution in [-0.2, 0) is 4.79 Å². The molecule has 17 heavy (non-hydrogen) atoms. The zero-order valence-corrected chi connectivity index (χ0v) is 11.5. The number of hydrogen-bond donors (Lipinski definition) is 2. The highest BCUT2D eigenvalue weighted by Gasteiger charge is 2.31. The van der Waals surface area contributed by atoms with E-state index in [-0.39, 0.29) is 23.2 Å². The summed E-state index contributed by atoms with van der Waals surface area (Å²) in [4.78, 5) is 14.1. The smallest absolute Gasteiger partial charge is 0.228 e. The lowest BCUT2D eigenvalue weighted by Crippen LogP contribution is -2.45. The van der Waals surface area contributed by atoms with Gasteiger partial charge >= 0.3 is 0 Å². The van der Waals surface area contributed by atoms with Gasteiger partial charge in [0.05, 0.1) is 0 Å². The second-order valence-electron chi connectivity index (χ2n) is 5.17. The van der Waals surface area contributed by atoms with Crippen molar-refractivity contribution in [2.45, 2.75) is 53.5 Å². The minimum absolute atomic E-state index is 0.111. The standard InChI is InChI=1S/C12H25N3O2/c1-6-12(4,5)11(16)15(9(2)3)8-7-10(13)14-17/h9,17H,6-8H2,1-5H3,(H2,13,14).